The number of benzene rings is 1. The van der Waals surface area contributed by atoms with Crippen molar-refractivity contribution in [3.8, 4) is 0 Å². The van der Waals surface area contributed by atoms with Gasteiger partial charge in [0, 0.05) is 16.5 Å². The molecule has 0 N–H and O–H groups in total. The zero-order valence-corrected chi connectivity index (χ0v) is 12.6. The lowest BCUT2D eigenvalue weighted by atomic mass is 9.79. The Morgan fingerprint density at radius 3 is 2.25 bits per heavy atom. The van der Waals surface area contributed by atoms with Crippen LogP contribution in [0.25, 0.3) is 5.83 Å². The molecule has 0 unspecified atom stereocenters. The Kier molecular flexibility index (Phi) is 5.59. The van der Waals surface area contributed by atoms with Gasteiger partial charge in [0.1, 0.15) is 5.83 Å². The second-order valence-corrected chi connectivity index (χ2v) is 6.11. The molecule has 0 saturated heterocycles. The lowest BCUT2D eigenvalue weighted by Crippen LogP contribution is -2.15. The molecule has 1 aromatic rings. The predicted octanol–water partition coefficient (Wildman–Crippen LogP) is 6.55. The highest BCUT2D eigenvalue weighted by atomic mass is 35.5. The molecule has 0 heterocycles. The molecule has 1 fully saturated rings. The first-order valence-corrected chi connectivity index (χ1v) is 7.80. The predicted molar refractivity (Wildman–Crippen MR) is 80.9 cm³/mol. The van der Waals surface area contributed by atoms with E-state index in [1.165, 1.54) is 25.0 Å². The summed E-state index contributed by atoms with van der Waals surface area (Å²) >= 11 is 5.76. The van der Waals surface area contributed by atoms with E-state index in [0.29, 0.717) is 10.9 Å². The average Bonchev–Trinajstić information content (AvgIpc) is 2.48. The molecule has 3 heteroatoms. The van der Waals surface area contributed by atoms with Gasteiger partial charge in [0.25, 0.3) is 0 Å². The van der Waals surface area contributed by atoms with Gasteiger partial charge in [0.05, 0.1) is 0 Å². The second-order valence-electron chi connectivity index (χ2n) is 5.68. The van der Waals surface area contributed by atoms with Gasteiger partial charge in [0.15, 0.2) is 5.83 Å². The van der Waals surface area contributed by atoms with Crippen LogP contribution in [0.1, 0.15) is 51.0 Å². The highest BCUT2D eigenvalue weighted by Gasteiger charge is 2.26. The number of hydrogen-bond donors (Lipinski definition) is 0. The summed E-state index contributed by atoms with van der Waals surface area (Å²) < 4.78 is 28.4. The number of rotatable bonds is 4. The standard InChI is InChI=1S/C17H21ClF2/c1-2-3-12-4-6-13(7-5-12)16(19)17(20)14-8-10-15(18)11-9-14/h8-13H,2-7H2,1H3/b17-16+/t12-,13-. The second kappa shape index (κ2) is 7.21. The molecule has 1 aromatic carbocycles. The summed E-state index contributed by atoms with van der Waals surface area (Å²) in [6.07, 6.45) is 5.93. The maximum Gasteiger partial charge on any atom is 0.162 e. The summed E-state index contributed by atoms with van der Waals surface area (Å²) in [5.74, 6) is -0.857. The van der Waals surface area contributed by atoms with E-state index in [1.54, 1.807) is 12.1 Å². The molecule has 0 aromatic heterocycles. The van der Waals surface area contributed by atoms with Crippen molar-refractivity contribution in [2.45, 2.75) is 45.4 Å². The zero-order valence-electron chi connectivity index (χ0n) is 11.8. The summed E-state index contributed by atoms with van der Waals surface area (Å²) in [5, 5.41) is 0.530. The van der Waals surface area contributed by atoms with E-state index in [2.05, 4.69) is 6.92 Å². The van der Waals surface area contributed by atoms with Gasteiger partial charge in [-0.15, -0.1) is 0 Å². The molecule has 1 aliphatic rings. The van der Waals surface area contributed by atoms with Crippen LogP contribution < -0.4 is 0 Å². The zero-order chi connectivity index (χ0) is 14.5. The topological polar surface area (TPSA) is 0 Å². The van der Waals surface area contributed by atoms with Crippen LogP contribution in [0.3, 0.4) is 0 Å². The third kappa shape index (κ3) is 3.82. The Morgan fingerprint density at radius 2 is 1.70 bits per heavy atom. The molecule has 0 aliphatic heterocycles. The normalized spacial score (nSPS) is 24.4. The van der Waals surface area contributed by atoms with Crippen molar-refractivity contribution in [1.29, 1.82) is 0 Å². The summed E-state index contributed by atoms with van der Waals surface area (Å²) in [4.78, 5) is 0. The SMILES string of the molecule is CCC[C@H]1CC[C@H](/C(F)=C(\F)c2ccc(Cl)cc2)CC1. The Bertz CT molecular complexity index is 456. The summed E-state index contributed by atoms with van der Waals surface area (Å²) in [5.41, 5.74) is 0.280. The van der Waals surface area contributed by atoms with E-state index in [-0.39, 0.29) is 11.5 Å². The Labute approximate surface area is 124 Å². The highest BCUT2D eigenvalue weighted by Crippen LogP contribution is 2.39. The Hall–Kier alpha value is -0.890. The molecule has 20 heavy (non-hydrogen) atoms. The first kappa shape index (κ1) is 15.5. The van der Waals surface area contributed by atoms with Crippen LogP contribution in [0.5, 0.6) is 0 Å². The number of hydrogen-bond acceptors (Lipinski definition) is 0. The largest absolute Gasteiger partial charge is 0.208 e. The number of halogens is 3. The Morgan fingerprint density at radius 1 is 1.10 bits per heavy atom. The van der Waals surface area contributed by atoms with Crippen LogP contribution in [0.4, 0.5) is 8.78 Å². The summed E-state index contributed by atoms with van der Waals surface area (Å²) in [6.45, 7) is 2.17. The molecule has 0 bridgehead atoms. The van der Waals surface area contributed by atoms with Gasteiger partial charge in [-0.2, -0.15) is 0 Å². The third-order valence-corrected chi connectivity index (χ3v) is 4.46. The van der Waals surface area contributed by atoms with Gasteiger partial charge in [-0.1, -0.05) is 43.5 Å². The van der Waals surface area contributed by atoms with Crippen LogP contribution in [0.2, 0.25) is 5.02 Å². The van der Waals surface area contributed by atoms with Crippen molar-refractivity contribution in [3.63, 3.8) is 0 Å². The van der Waals surface area contributed by atoms with E-state index in [1.807, 2.05) is 0 Å². The lowest BCUT2D eigenvalue weighted by molar-refractivity contribution is 0.261. The lowest BCUT2D eigenvalue weighted by Gasteiger charge is -2.27. The molecular weight excluding hydrogens is 278 g/mol. The highest BCUT2D eigenvalue weighted by molar-refractivity contribution is 6.30. The van der Waals surface area contributed by atoms with Gasteiger partial charge in [-0.05, 0) is 43.7 Å². The maximum atomic E-state index is 14.3. The average molecular weight is 299 g/mol. The van der Waals surface area contributed by atoms with Crippen molar-refractivity contribution in [2.24, 2.45) is 11.8 Å². The van der Waals surface area contributed by atoms with E-state index in [4.69, 9.17) is 11.6 Å². The first-order chi connectivity index (χ1) is 9.61. The molecule has 0 nitrogen and oxygen atoms in total. The Balaban J connectivity index is 2.04. The van der Waals surface area contributed by atoms with E-state index >= 15 is 0 Å². The number of allylic oxidation sites excluding steroid dienone is 1. The first-order valence-electron chi connectivity index (χ1n) is 7.43. The minimum absolute atomic E-state index is 0.251. The van der Waals surface area contributed by atoms with E-state index in [0.717, 1.165) is 25.7 Å². The molecular formula is C17H21ClF2. The van der Waals surface area contributed by atoms with Crippen LogP contribution in [0.15, 0.2) is 30.1 Å². The maximum absolute atomic E-state index is 14.3. The van der Waals surface area contributed by atoms with Gasteiger partial charge in [-0.25, -0.2) is 8.78 Å². The molecule has 110 valence electrons. The quantitative estimate of drug-likeness (QED) is 0.591. The van der Waals surface area contributed by atoms with Gasteiger partial charge in [0.2, 0.25) is 0 Å². The molecule has 0 radical (unpaired) electrons. The molecule has 2 rings (SSSR count). The van der Waals surface area contributed by atoms with Crippen LogP contribution >= 0.6 is 11.6 Å². The molecule has 0 amide bonds. The fourth-order valence-corrected chi connectivity index (χ4v) is 3.15. The molecule has 0 spiro atoms. The van der Waals surface area contributed by atoms with Gasteiger partial charge in [-0.3, -0.25) is 0 Å². The van der Waals surface area contributed by atoms with E-state index < -0.39 is 11.7 Å². The van der Waals surface area contributed by atoms with Gasteiger partial charge >= 0.3 is 0 Å². The van der Waals surface area contributed by atoms with Crippen molar-refractivity contribution < 1.29 is 8.78 Å². The van der Waals surface area contributed by atoms with Crippen molar-refractivity contribution in [1.82, 2.24) is 0 Å². The monoisotopic (exact) mass is 298 g/mol. The minimum Gasteiger partial charge on any atom is -0.208 e. The van der Waals surface area contributed by atoms with Crippen LogP contribution in [-0.2, 0) is 0 Å². The third-order valence-electron chi connectivity index (χ3n) is 4.21. The van der Waals surface area contributed by atoms with Crippen LogP contribution in [0, 0.1) is 11.8 Å². The van der Waals surface area contributed by atoms with Crippen LogP contribution in [-0.4, -0.2) is 0 Å². The summed E-state index contributed by atoms with van der Waals surface area (Å²) in [7, 11) is 0. The summed E-state index contributed by atoms with van der Waals surface area (Å²) in [6, 6.07) is 6.23. The van der Waals surface area contributed by atoms with E-state index in [9.17, 15) is 8.78 Å². The molecule has 0 atom stereocenters. The van der Waals surface area contributed by atoms with Gasteiger partial charge < -0.3 is 0 Å². The fourth-order valence-electron chi connectivity index (χ4n) is 3.03. The van der Waals surface area contributed by atoms with Crippen molar-refractivity contribution in [2.75, 3.05) is 0 Å². The van der Waals surface area contributed by atoms with Crippen molar-refractivity contribution >= 4 is 17.4 Å². The van der Waals surface area contributed by atoms with Crippen molar-refractivity contribution in [3.05, 3.63) is 40.7 Å². The molecule has 1 saturated carbocycles. The fraction of sp³-hybridized carbons (Fsp3) is 0.529. The minimum atomic E-state index is -0.722. The molecule has 1 aliphatic carbocycles. The smallest absolute Gasteiger partial charge is 0.162 e.